The number of nitrogens with one attached hydrogen (secondary N) is 2. The zero-order valence-corrected chi connectivity index (χ0v) is 22.3. The van der Waals surface area contributed by atoms with E-state index in [0.717, 1.165) is 23.5 Å². The van der Waals surface area contributed by atoms with Gasteiger partial charge in [-0.1, -0.05) is 6.07 Å². The zero-order valence-electron chi connectivity index (χ0n) is 18.4. The Labute approximate surface area is 224 Å². The first kappa shape index (κ1) is 27.6. The molecule has 3 rings (SSSR count). The number of thiazole rings is 1. The van der Waals surface area contributed by atoms with Crippen LogP contribution in [0.3, 0.4) is 0 Å². The van der Waals surface area contributed by atoms with Gasteiger partial charge in [-0.3, -0.25) is 4.79 Å². The fraction of sp³-hybridized carbons (Fsp3) is 0.182. The van der Waals surface area contributed by atoms with Crippen LogP contribution in [0.4, 0.5) is 24.0 Å². The number of alkyl halides is 3. The van der Waals surface area contributed by atoms with Gasteiger partial charge in [-0.15, -0.1) is 11.3 Å². The molecular formula is C22H17Br2F3N4O4S. The second kappa shape index (κ2) is 12.3. The molecule has 0 saturated carbocycles. The van der Waals surface area contributed by atoms with Crippen molar-refractivity contribution < 1.29 is 32.2 Å². The second-order valence-electron chi connectivity index (χ2n) is 7.00. The molecule has 0 bridgehead atoms. The third-order valence-corrected chi connectivity index (χ3v) is 6.30. The van der Waals surface area contributed by atoms with Crippen LogP contribution in [0.1, 0.15) is 16.8 Å². The molecule has 0 fully saturated rings. The normalized spacial score (nSPS) is 11.4. The first-order chi connectivity index (χ1) is 17.0. The highest BCUT2D eigenvalue weighted by Crippen LogP contribution is 2.34. The number of nitrogens with zero attached hydrogens (tertiary/aromatic N) is 2. The van der Waals surface area contributed by atoms with E-state index in [2.05, 4.69) is 57.4 Å². The van der Waals surface area contributed by atoms with Crippen LogP contribution in [0.15, 0.2) is 55.8 Å². The fourth-order valence-corrected chi connectivity index (χ4v) is 4.89. The summed E-state index contributed by atoms with van der Waals surface area (Å²) in [5.74, 6) is -0.557. The van der Waals surface area contributed by atoms with E-state index in [9.17, 15) is 22.8 Å². The molecule has 0 aliphatic heterocycles. The Morgan fingerprint density at radius 2 is 1.92 bits per heavy atom. The smallest absolute Gasteiger partial charge is 0.416 e. The highest BCUT2D eigenvalue weighted by Gasteiger charge is 2.30. The standard InChI is InChI=1S/C22H17Br2F3N4O4S/c1-34-19(33)10-35-20-16(23)5-12(6-17(20)24)9-28-31-18(32)8-15-11-36-21(30-15)29-14-4-2-3-13(7-14)22(25,26)27/h2-7,9,11H,8,10H2,1H3,(H,29,30)(H,31,32)/b28-9-. The minimum Gasteiger partial charge on any atom is -0.480 e. The summed E-state index contributed by atoms with van der Waals surface area (Å²) in [6.07, 6.45) is -3.11. The summed E-state index contributed by atoms with van der Waals surface area (Å²) < 4.78 is 49.7. The Morgan fingerprint density at radius 1 is 1.19 bits per heavy atom. The maximum Gasteiger partial charge on any atom is 0.416 e. The number of amides is 1. The van der Waals surface area contributed by atoms with Gasteiger partial charge in [0.1, 0.15) is 5.75 Å². The maximum atomic E-state index is 12.9. The summed E-state index contributed by atoms with van der Waals surface area (Å²) in [5.41, 5.74) is 2.91. The van der Waals surface area contributed by atoms with Crippen LogP contribution in [0.2, 0.25) is 0 Å². The lowest BCUT2D eigenvalue weighted by molar-refractivity contribution is -0.143. The number of carbonyl (C=O) groups excluding carboxylic acids is 2. The molecular weight excluding hydrogens is 633 g/mol. The molecule has 1 aromatic heterocycles. The van der Waals surface area contributed by atoms with E-state index < -0.39 is 23.6 Å². The van der Waals surface area contributed by atoms with Crippen LogP contribution in [0, 0.1) is 0 Å². The van der Waals surface area contributed by atoms with Gasteiger partial charge in [0.25, 0.3) is 0 Å². The van der Waals surface area contributed by atoms with Crippen molar-refractivity contribution in [1.29, 1.82) is 0 Å². The number of aromatic nitrogens is 1. The molecule has 0 aliphatic carbocycles. The molecule has 0 saturated heterocycles. The summed E-state index contributed by atoms with van der Waals surface area (Å²) in [5, 5.41) is 8.70. The van der Waals surface area contributed by atoms with Crippen molar-refractivity contribution in [2.24, 2.45) is 5.10 Å². The van der Waals surface area contributed by atoms with Gasteiger partial charge in [-0.2, -0.15) is 18.3 Å². The third kappa shape index (κ3) is 8.03. The number of anilines is 2. The Hall–Kier alpha value is -2.97. The van der Waals surface area contributed by atoms with Crippen molar-refractivity contribution in [2.75, 3.05) is 19.0 Å². The number of benzene rings is 2. The lowest BCUT2D eigenvalue weighted by Gasteiger charge is -2.10. The van der Waals surface area contributed by atoms with Crippen molar-refractivity contribution in [3.8, 4) is 5.75 Å². The summed E-state index contributed by atoms with van der Waals surface area (Å²) in [4.78, 5) is 27.7. The van der Waals surface area contributed by atoms with E-state index in [1.807, 2.05) is 0 Å². The van der Waals surface area contributed by atoms with E-state index in [1.165, 1.54) is 25.5 Å². The van der Waals surface area contributed by atoms with Crippen molar-refractivity contribution >= 4 is 72.1 Å². The Balaban J connectivity index is 1.54. The lowest BCUT2D eigenvalue weighted by Crippen LogP contribution is -2.20. The summed E-state index contributed by atoms with van der Waals surface area (Å²) in [7, 11) is 1.26. The molecule has 0 atom stereocenters. The Morgan fingerprint density at radius 3 is 2.58 bits per heavy atom. The number of hydrogen-bond acceptors (Lipinski definition) is 8. The number of hydrogen-bond donors (Lipinski definition) is 2. The largest absolute Gasteiger partial charge is 0.480 e. The van der Waals surface area contributed by atoms with Crippen LogP contribution < -0.4 is 15.5 Å². The van der Waals surface area contributed by atoms with E-state index in [1.54, 1.807) is 17.5 Å². The van der Waals surface area contributed by atoms with E-state index >= 15 is 0 Å². The van der Waals surface area contributed by atoms with Crippen LogP contribution in [0.25, 0.3) is 0 Å². The number of esters is 1. The molecule has 0 spiro atoms. The van der Waals surface area contributed by atoms with Crippen LogP contribution in [0.5, 0.6) is 5.75 Å². The average molecular weight is 650 g/mol. The molecule has 3 aromatic rings. The molecule has 14 heteroatoms. The number of hydrazone groups is 1. The molecule has 2 aromatic carbocycles. The van der Waals surface area contributed by atoms with E-state index in [-0.39, 0.29) is 18.7 Å². The van der Waals surface area contributed by atoms with Gasteiger partial charge in [-0.05, 0) is 67.8 Å². The minimum atomic E-state index is -4.45. The third-order valence-electron chi connectivity index (χ3n) is 4.32. The quantitative estimate of drug-likeness (QED) is 0.176. The van der Waals surface area contributed by atoms with Crippen molar-refractivity contribution in [3.05, 3.63) is 67.5 Å². The topological polar surface area (TPSA) is 102 Å². The van der Waals surface area contributed by atoms with Gasteiger partial charge < -0.3 is 14.8 Å². The monoisotopic (exact) mass is 648 g/mol. The van der Waals surface area contributed by atoms with E-state index in [0.29, 0.717) is 31.1 Å². The van der Waals surface area contributed by atoms with Gasteiger partial charge in [0.05, 0.1) is 39.9 Å². The SMILES string of the molecule is COC(=O)COc1c(Br)cc(/C=N\NC(=O)Cc2csc(Nc3cccc(C(F)(F)F)c3)n2)cc1Br. The molecule has 1 amide bonds. The minimum absolute atomic E-state index is 0.0776. The zero-order chi connectivity index (χ0) is 26.3. The highest BCUT2D eigenvalue weighted by atomic mass is 79.9. The number of halogens is 5. The van der Waals surface area contributed by atoms with E-state index in [4.69, 9.17) is 4.74 Å². The first-order valence-electron chi connectivity index (χ1n) is 9.94. The Kier molecular flexibility index (Phi) is 9.45. The molecule has 0 aliphatic rings. The molecule has 2 N–H and O–H groups in total. The Bertz CT molecular complexity index is 1260. The van der Waals surface area contributed by atoms with Gasteiger partial charge in [0.2, 0.25) is 5.91 Å². The number of methoxy groups -OCH3 is 1. The molecule has 190 valence electrons. The number of carbonyl (C=O) groups is 2. The van der Waals surface area contributed by atoms with Gasteiger partial charge >= 0.3 is 12.1 Å². The second-order valence-corrected chi connectivity index (χ2v) is 9.56. The van der Waals surface area contributed by atoms with Crippen LogP contribution in [-0.4, -0.2) is 36.8 Å². The lowest BCUT2D eigenvalue weighted by atomic mass is 10.2. The van der Waals surface area contributed by atoms with Crippen molar-refractivity contribution in [3.63, 3.8) is 0 Å². The molecule has 0 unspecified atom stereocenters. The van der Waals surface area contributed by atoms with Crippen LogP contribution >= 0.6 is 43.2 Å². The summed E-state index contributed by atoms with van der Waals surface area (Å²) >= 11 is 7.86. The first-order valence-corrected chi connectivity index (χ1v) is 12.4. The molecule has 36 heavy (non-hydrogen) atoms. The molecule has 8 nitrogen and oxygen atoms in total. The molecule has 1 heterocycles. The predicted molar refractivity (Wildman–Crippen MR) is 136 cm³/mol. The highest BCUT2D eigenvalue weighted by molar-refractivity contribution is 9.11. The summed E-state index contributed by atoms with van der Waals surface area (Å²) in [6, 6.07) is 8.11. The maximum absolute atomic E-state index is 12.9. The predicted octanol–water partition coefficient (Wildman–Crippen LogP) is 5.68. The van der Waals surface area contributed by atoms with Gasteiger partial charge in [0.15, 0.2) is 11.7 Å². The average Bonchev–Trinajstić information content (AvgIpc) is 3.24. The number of rotatable bonds is 9. The summed E-state index contributed by atoms with van der Waals surface area (Å²) in [6.45, 7) is -0.259. The van der Waals surface area contributed by atoms with Gasteiger partial charge in [0, 0.05) is 11.1 Å². The fourth-order valence-electron chi connectivity index (χ4n) is 2.71. The molecule has 0 radical (unpaired) electrons. The van der Waals surface area contributed by atoms with Gasteiger partial charge in [-0.25, -0.2) is 15.2 Å². The number of ether oxygens (including phenoxy) is 2. The van der Waals surface area contributed by atoms with Crippen molar-refractivity contribution in [2.45, 2.75) is 12.6 Å². The van der Waals surface area contributed by atoms with Crippen molar-refractivity contribution in [1.82, 2.24) is 10.4 Å². The van der Waals surface area contributed by atoms with Crippen LogP contribution in [-0.2, 0) is 26.9 Å².